The van der Waals surface area contributed by atoms with E-state index >= 15 is 0 Å². The molecule has 0 amide bonds. The van der Waals surface area contributed by atoms with E-state index in [1.807, 2.05) is 0 Å². The molecule has 1 rings (SSSR count). The monoisotopic (exact) mass is 180 g/mol. The Labute approximate surface area is 83.4 Å². The lowest BCUT2D eigenvalue weighted by Gasteiger charge is -2.17. The summed E-state index contributed by atoms with van der Waals surface area (Å²) in [6.45, 7) is 4.61. The second-order valence-electron chi connectivity index (χ2n) is 4.30. The van der Waals surface area contributed by atoms with Crippen molar-refractivity contribution in [3.8, 4) is 0 Å². The van der Waals surface area contributed by atoms with E-state index in [2.05, 4.69) is 19.9 Å². The second kappa shape index (κ2) is 6.23. The summed E-state index contributed by atoms with van der Waals surface area (Å²) in [7, 11) is 0. The smallest absolute Gasteiger partial charge is 0.0203 e. The van der Waals surface area contributed by atoms with Gasteiger partial charge in [-0.15, -0.1) is 0 Å². The molecule has 1 aliphatic rings. The Morgan fingerprint density at radius 3 is 2.62 bits per heavy atom. The molecule has 0 saturated heterocycles. The van der Waals surface area contributed by atoms with E-state index in [1.165, 1.54) is 51.4 Å². The maximum Gasteiger partial charge on any atom is -0.0203 e. The lowest BCUT2D eigenvalue weighted by molar-refractivity contribution is 0.480. The number of allylic oxidation sites excluding steroid dienone is 2. The van der Waals surface area contributed by atoms with E-state index in [0.29, 0.717) is 0 Å². The quantitative estimate of drug-likeness (QED) is 0.520. The van der Waals surface area contributed by atoms with E-state index in [9.17, 15) is 0 Å². The number of unbranched alkanes of at least 4 members (excludes halogenated alkanes) is 1. The van der Waals surface area contributed by atoms with E-state index in [0.717, 1.165) is 5.92 Å². The van der Waals surface area contributed by atoms with Crippen LogP contribution in [0.4, 0.5) is 0 Å². The highest BCUT2D eigenvalue weighted by molar-refractivity contribution is 5.11. The van der Waals surface area contributed by atoms with Gasteiger partial charge < -0.3 is 0 Å². The SMILES string of the molecule is CCCCC(CCC)C1=CCCC1. The lowest BCUT2D eigenvalue weighted by Crippen LogP contribution is -2.02. The Kier molecular flexibility index (Phi) is 5.19. The fraction of sp³-hybridized carbons (Fsp3) is 0.846. The van der Waals surface area contributed by atoms with Gasteiger partial charge in [-0.05, 0) is 38.0 Å². The minimum atomic E-state index is 0.937. The van der Waals surface area contributed by atoms with Crippen LogP contribution in [0.2, 0.25) is 0 Å². The fourth-order valence-corrected chi connectivity index (χ4v) is 2.38. The van der Waals surface area contributed by atoms with E-state index in [4.69, 9.17) is 0 Å². The summed E-state index contributed by atoms with van der Waals surface area (Å²) in [5, 5.41) is 0. The van der Waals surface area contributed by atoms with Gasteiger partial charge in [0.25, 0.3) is 0 Å². The largest absolute Gasteiger partial charge is 0.0850 e. The molecule has 0 saturated carbocycles. The number of rotatable bonds is 6. The first-order valence-electron chi connectivity index (χ1n) is 6.07. The van der Waals surface area contributed by atoms with Gasteiger partial charge in [-0.25, -0.2) is 0 Å². The van der Waals surface area contributed by atoms with E-state index in [1.54, 1.807) is 5.57 Å². The van der Waals surface area contributed by atoms with Crippen molar-refractivity contribution < 1.29 is 0 Å². The summed E-state index contributed by atoms with van der Waals surface area (Å²) in [5.41, 5.74) is 1.79. The van der Waals surface area contributed by atoms with Gasteiger partial charge in [-0.1, -0.05) is 44.8 Å². The molecule has 0 heteroatoms. The summed E-state index contributed by atoms with van der Waals surface area (Å²) in [6, 6.07) is 0. The van der Waals surface area contributed by atoms with Gasteiger partial charge in [0.15, 0.2) is 0 Å². The van der Waals surface area contributed by atoms with Crippen LogP contribution < -0.4 is 0 Å². The summed E-state index contributed by atoms with van der Waals surface area (Å²) in [5.74, 6) is 0.937. The first-order chi connectivity index (χ1) is 6.38. The molecular formula is C13H24. The summed E-state index contributed by atoms with van der Waals surface area (Å²) in [4.78, 5) is 0. The average molecular weight is 180 g/mol. The molecule has 0 bridgehead atoms. The highest BCUT2D eigenvalue weighted by atomic mass is 14.2. The van der Waals surface area contributed by atoms with Crippen molar-refractivity contribution in [3.63, 3.8) is 0 Å². The molecule has 0 aliphatic heterocycles. The van der Waals surface area contributed by atoms with Crippen LogP contribution in [0.25, 0.3) is 0 Å². The molecule has 0 N–H and O–H groups in total. The van der Waals surface area contributed by atoms with Crippen molar-refractivity contribution in [3.05, 3.63) is 11.6 Å². The molecule has 0 aromatic heterocycles. The average Bonchev–Trinajstić information content (AvgIpc) is 2.65. The molecule has 1 atom stereocenters. The third-order valence-electron chi connectivity index (χ3n) is 3.14. The highest BCUT2D eigenvalue weighted by Crippen LogP contribution is 2.31. The van der Waals surface area contributed by atoms with Gasteiger partial charge in [-0.2, -0.15) is 0 Å². The van der Waals surface area contributed by atoms with Gasteiger partial charge in [0.2, 0.25) is 0 Å². The minimum Gasteiger partial charge on any atom is -0.0850 e. The van der Waals surface area contributed by atoms with Gasteiger partial charge in [0, 0.05) is 0 Å². The standard InChI is InChI=1S/C13H24/c1-3-5-9-12(8-4-2)13-10-6-7-11-13/h10,12H,3-9,11H2,1-2H3. The first-order valence-corrected chi connectivity index (χ1v) is 6.07. The van der Waals surface area contributed by atoms with Crippen molar-refractivity contribution in [1.29, 1.82) is 0 Å². The van der Waals surface area contributed by atoms with Crippen LogP contribution in [0.1, 0.15) is 65.2 Å². The van der Waals surface area contributed by atoms with Crippen LogP contribution >= 0.6 is 0 Å². The van der Waals surface area contributed by atoms with Crippen LogP contribution in [0.3, 0.4) is 0 Å². The topological polar surface area (TPSA) is 0 Å². The van der Waals surface area contributed by atoms with E-state index < -0.39 is 0 Å². The lowest BCUT2D eigenvalue weighted by atomic mass is 9.89. The Hall–Kier alpha value is -0.260. The Bertz CT molecular complexity index is 155. The van der Waals surface area contributed by atoms with Crippen LogP contribution in [0.15, 0.2) is 11.6 Å². The molecule has 13 heavy (non-hydrogen) atoms. The third kappa shape index (κ3) is 3.54. The predicted octanol–water partition coefficient (Wildman–Crippen LogP) is 4.70. The molecule has 0 spiro atoms. The molecular weight excluding hydrogens is 156 g/mol. The zero-order valence-electron chi connectivity index (χ0n) is 9.31. The second-order valence-corrected chi connectivity index (χ2v) is 4.30. The zero-order chi connectivity index (χ0) is 9.52. The number of hydrogen-bond acceptors (Lipinski definition) is 0. The molecule has 0 nitrogen and oxygen atoms in total. The van der Waals surface area contributed by atoms with Crippen LogP contribution in [-0.2, 0) is 0 Å². The predicted molar refractivity (Wildman–Crippen MR) is 59.9 cm³/mol. The Morgan fingerprint density at radius 2 is 2.08 bits per heavy atom. The van der Waals surface area contributed by atoms with Crippen molar-refractivity contribution in [2.45, 2.75) is 65.2 Å². The van der Waals surface area contributed by atoms with Gasteiger partial charge in [-0.3, -0.25) is 0 Å². The highest BCUT2D eigenvalue weighted by Gasteiger charge is 2.15. The van der Waals surface area contributed by atoms with Crippen LogP contribution in [0, 0.1) is 5.92 Å². The van der Waals surface area contributed by atoms with Crippen molar-refractivity contribution >= 4 is 0 Å². The van der Waals surface area contributed by atoms with Gasteiger partial charge >= 0.3 is 0 Å². The number of hydrogen-bond donors (Lipinski definition) is 0. The van der Waals surface area contributed by atoms with Crippen LogP contribution in [0.5, 0.6) is 0 Å². The summed E-state index contributed by atoms with van der Waals surface area (Å²) < 4.78 is 0. The summed E-state index contributed by atoms with van der Waals surface area (Å²) in [6.07, 6.45) is 13.7. The van der Waals surface area contributed by atoms with Crippen molar-refractivity contribution in [2.24, 2.45) is 5.92 Å². The summed E-state index contributed by atoms with van der Waals surface area (Å²) >= 11 is 0. The van der Waals surface area contributed by atoms with Gasteiger partial charge in [0.1, 0.15) is 0 Å². The molecule has 0 heterocycles. The Morgan fingerprint density at radius 1 is 1.23 bits per heavy atom. The van der Waals surface area contributed by atoms with E-state index in [-0.39, 0.29) is 0 Å². The molecule has 0 fully saturated rings. The maximum absolute atomic E-state index is 2.51. The molecule has 1 unspecified atom stereocenters. The Balaban J connectivity index is 2.36. The molecule has 0 aromatic rings. The molecule has 76 valence electrons. The molecule has 0 aromatic carbocycles. The van der Waals surface area contributed by atoms with Crippen molar-refractivity contribution in [2.75, 3.05) is 0 Å². The first kappa shape index (κ1) is 10.8. The fourth-order valence-electron chi connectivity index (χ4n) is 2.38. The normalized spacial score (nSPS) is 18.8. The third-order valence-corrected chi connectivity index (χ3v) is 3.14. The van der Waals surface area contributed by atoms with Gasteiger partial charge in [0.05, 0.1) is 0 Å². The molecule has 1 aliphatic carbocycles. The zero-order valence-corrected chi connectivity index (χ0v) is 9.31. The molecule has 0 radical (unpaired) electrons. The van der Waals surface area contributed by atoms with Crippen molar-refractivity contribution in [1.82, 2.24) is 0 Å². The minimum absolute atomic E-state index is 0.937. The maximum atomic E-state index is 2.51. The van der Waals surface area contributed by atoms with Crippen LogP contribution in [-0.4, -0.2) is 0 Å².